The molecule has 7 heteroatoms. The minimum Gasteiger partial charge on any atom is -0.461 e. The molecule has 3 rings (SSSR count). The predicted molar refractivity (Wildman–Crippen MR) is 86.9 cm³/mol. The Morgan fingerprint density at radius 3 is 2.42 bits per heavy atom. The van der Waals surface area contributed by atoms with Crippen molar-refractivity contribution in [3.05, 3.63) is 40.1 Å². The van der Waals surface area contributed by atoms with Gasteiger partial charge in [0.15, 0.2) is 0 Å². The van der Waals surface area contributed by atoms with Gasteiger partial charge >= 0.3 is 5.97 Å². The molecule has 0 radical (unpaired) electrons. The lowest BCUT2D eigenvalue weighted by Crippen LogP contribution is -2.43. The first-order chi connectivity index (χ1) is 11.4. The normalized spacial score (nSPS) is 19.7. The van der Waals surface area contributed by atoms with Gasteiger partial charge in [0.05, 0.1) is 17.9 Å². The summed E-state index contributed by atoms with van der Waals surface area (Å²) < 4.78 is 4.94. The first-order valence-electron chi connectivity index (χ1n) is 7.75. The number of esters is 1. The van der Waals surface area contributed by atoms with Gasteiger partial charge in [-0.2, -0.15) is 0 Å². The number of nitrogens with one attached hydrogen (secondary N) is 2. The number of fused-ring (bicyclic) bond motifs is 1. The van der Waals surface area contributed by atoms with Crippen LogP contribution in [-0.4, -0.2) is 30.4 Å². The minimum absolute atomic E-state index is 0.00474. The maximum absolute atomic E-state index is 12.9. The zero-order chi connectivity index (χ0) is 17.6. The first-order valence-corrected chi connectivity index (χ1v) is 7.75. The highest BCUT2D eigenvalue weighted by Gasteiger charge is 2.51. The molecule has 7 nitrogen and oxygen atoms in total. The summed E-state index contributed by atoms with van der Waals surface area (Å²) in [4.78, 5) is 38.7. The minimum atomic E-state index is -0.878. The Hall–Kier alpha value is -2.67. The van der Waals surface area contributed by atoms with E-state index in [2.05, 4.69) is 10.9 Å². The monoisotopic (exact) mass is 329 g/mol. The maximum atomic E-state index is 12.9. The van der Waals surface area contributed by atoms with Gasteiger partial charge < -0.3 is 10.2 Å². The highest BCUT2D eigenvalue weighted by atomic mass is 16.5. The smallest absolute Gasteiger partial charge is 0.356 e. The Balaban J connectivity index is 2.09. The number of rotatable bonds is 3. The molecule has 1 fully saturated rings. The lowest BCUT2D eigenvalue weighted by molar-refractivity contribution is -0.139. The van der Waals surface area contributed by atoms with Crippen molar-refractivity contribution in [2.75, 3.05) is 11.5 Å². The third-order valence-corrected chi connectivity index (χ3v) is 4.14. The maximum Gasteiger partial charge on any atom is 0.356 e. The van der Waals surface area contributed by atoms with Gasteiger partial charge in [-0.05, 0) is 38.8 Å². The molecule has 2 heterocycles. The van der Waals surface area contributed by atoms with Crippen LogP contribution in [0.5, 0.6) is 0 Å². The zero-order valence-electron chi connectivity index (χ0n) is 14.0. The van der Waals surface area contributed by atoms with E-state index in [1.54, 1.807) is 6.92 Å². The summed E-state index contributed by atoms with van der Waals surface area (Å²) in [6.45, 7) is 7.53. The Bertz CT molecular complexity index is 774. The summed E-state index contributed by atoms with van der Waals surface area (Å²) in [5, 5.41) is 0. The van der Waals surface area contributed by atoms with E-state index in [0.29, 0.717) is 5.69 Å². The number of ether oxygens (including phenoxy) is 1. The average molecular weight is 329 g/mol. The standard InChI is InChI=1S/C17H19N3O4/c1-5-24-17(23)13-11-12(18-19-13)16(22)20(15(11)21)14-9(3)6-8(2)7-10(14)4/h6-7,12,18-19H,5H2,1-4H3. The molecule has 1 saturated heterocycles. The van der Waals surface area contributed by atoms with Crippen LogP contribution in [0.25, 0.3) is 0 Å². The van der Waals surface area contributed by atoms with E-state index in [1.807, 2.05) is 32.9 Å². The van der Waals surface area contributed by atoms with Gasteiger partial charge in [-0.15, -0.1) is 0 Å². The lowest BCUT2D eigenvalue weighted by Gasteiger charge is -2.21. The van der Waals surface area contributed by atoms with E-state index in [-0.39, 0.29) is 17.9 Å². The second-order valence-corrected chi connectivity index (χ2v) is 5.94. The van der Waals surface area contributed by atoms with Crippen molar-refractivity contribution in [1.29, 1.82) is 0 Å². The van der Waals surface area contributed by atoms with Gasteiger partial charge in [0.2, 0.25) is 0 Å². The second kappa shape index (κ2) is 5.76. The molecule has 1 aromatic carbocycles. The van der Waals surface area contributed by atoms with Crippen LogP contribution >= 0.6 is 0 Å². The summed E-state index contributed by atoms with van der Waals surface area (Å²) in [6, 6.07) is 2.96. The predicted octanol–water partition coefficient (Wildman–Crippen LogP) is 0.779. The summed E-state index contributed by atoms with van der Waals surface area (Å²) >= 11 is 0. The van der Waals surface area contributed by atoms with E-state index in [9.17, 15) is 14.4 Å². The molecule has 1 unspecified atom stereocenters. The van der Waals surface area contributed by atoms with Crippen LogP contribution < -0.4 is 15.8 Å². The van der Waals surface area contributed by atoms with Crippen LogP contribution in [0.3, 0.4) is 0 Å². The zero-order valence-corrected chi connectivity index (χ0v) is 14.0. The van der Waals surface area contributed by atoms with Crippen LogP contribution in [-0.2, 0) is 19.1 Å². The quantitative estimate of drug-likeness (QED) is 0.629. The van der Waals surface area contributed by atoms with Crippen molar-refractivity contribution in [2.24, 2.45) is 0 Å². The number of nitrogens with zero attached hydrogens (tertiary/aromatic N) is 1. The SMILES string of the molecule is CCOC(=O)C1=C2C(=O)N(c3c(C)cc(C)cc3C)C(=O)C2NN1. The number of carbonyl (C=O) groups is 3. The van der Waals surface area contributed by atoms with E-state index in [0.717, 1.165) is 21.6 Å². The molecule has 2 aliphatic rings. The van der Waals surface area contributed by atoms with Gasteiger partial charge in [-0.1, -0.05) is 17.7 Å². The van der Waals surface area contributed by atoms with Gasteiger partial charge in [0, 0.05) is 0 Å². The molecule has 0 aliphatic carbocycles. The highest BCUT2D eigenvalue weighted by molar-refractivity contribution is 6.33. The molecule has 2 aliphatic heterocycles. The summed E-state index contributed by atoms with van der Waals surface area (Å²) in [5.41, 5.74) is 8.71. The first kappa shape index (κ1) is 16.2. The number of hydrazine groups is 1. The second-order valence-electron chi connectivity index (χ2n) is 5.94. The van der Waals surface area contributed by atoms with Crippen molar-refractivity contribution in [3.63, 3.8) is 0 Å². The number of anilines is 1. The fourth-order valence-corrected chi connectivity index (χ4v) is 3.29. The van der Waals surface area contributed by atoms with E-state index in [1.165, 1.54) is 0 Å². The third kappa shape index (κ3) is 2.28. The van der Waals surface area contributed by atoms with Crippen LogP contribution in [0.2, 0.25) is 0 Å². The van der Waals surface area contributed by atoms with Crippen molar-refractivity contribution >= 4 is 23.5 Å². The Morgan fingerprint density at radius 2 is 1.83 bits per heavy atom. The third-order valence-electron chi connectivity index (χ3n) is 4.14. The van der Waals surface area contributed by atoms with Crippen molar-refractivity contribution in [2.45, 2.75) is 33.7 Å². The van der Waals surface area contributed by atoms with Gasteiger partial charge in [-0.3, -0.25) is 9.59 Å². The Kier molecular flexibility index (Phi) is 3.88. The van der Waals surface area contributed by atoms with E-state index in [4.69, 9.17) is 4.74 Å². The largest absolute Gasteiger partial charge is 0.461 e. The molecule has 24 heavy (non-hydrogen) atoms. The molecule has 0 saturated carbocycles. The van der Waals surface area contributed by atoms with Gasteiger partial charge in [0.25, 0.3) is 11.8 Å². The van der Waals surface area contributed by atoms with Gasteiger partial charge in [-0.25, -0.2) is 15.1 Å². The molecular weight excluding hydrogens is 310 g/mol. The van der Waals surface area contributed by atoms with Crippen molar-refractivity contribution in [3.8, 4) is 0 Å². The number of hydrogen-bond donors (Lipinski definition) is 2. The molecule has 0 aromatic heterocycles. The number of benzene rings is 1. The van der Waals surface area contributed by atoms with Crippen LogP contribution in [0.4, 0.5) is 5.69 Å². The topological polar surface area (TPSA) is 87.7 Å². The summed E-state index contributed by atoms with van der Waals surface area (Å²) in [5.74, 6) is -1.56. The molecular formula is C17H19N3O4. The van der Waals surface area contributed by atoms with Gasteiger partial charge in [0.1, 0.15) is 11.7 Å². The summed E-state index contributed by atoms with van der Waals surface area (Å²) in [7, 11) is 0. The van der Waals surface area contributed by atoms with E-state index >= 15 is 0 Å². The molecule has 0 spiro atoms. The number of aryl methyl sites for hydroxylation is 3. The van der Waals surface area contributed by atoms with Crippen molar-refractivity contribution in [1.82, 2.24) is 10.9 Å². The highest BCUT2D eigenvalue weighted by Crippen LogP contribution is 2.34. The number of hydrogen-bond acceptors (Lipinski definition) is 6. The molecule has 1 aromatic rings. The molecule has 2 N–H and O–H groups in total. The van der Waals surface area contributed by atoms with Crippen LogP contribution in [0.15, 0.2) is 23.4 Å². The van der Waals surface area contributed by atoms with Crippen LogP contribution in [0.1, 0.15) is 23.6 Å². The Labute approximate surface area is 139 Å². The number of amides is 2. The van der Waals surface area contributed by atoms with Crippen LogP contribution in [0, 0.1) is 20.8 Å². The fraction of sp³-hybridized carbons (Fsp3) is 0.353. The average Bonchev–Trinajstić information content (AvgIpc) is 3.02. The molecule has 2 amide bonds. The number of imide groups is 1. The molecule has 1 atom stereocenters. The Morgan fingerprint density at radius 1 is 1.21 bits per heavy atom. The molecule has 0 bridgehead atoms. The summed E-state index contributed by atoms with van der Waals surface area (Å²) in [6.07, 6.45) is 0. The fourth-order valence-electron chi connectivity index (χ4n) is 3.29. The molecule has 126 valence electrons. The van der Waals surface area contributed by atoms with E-state index < -0.39 is 23.8 Å². The van der Waals surface area contributed by atoms with Crippen molar-refractivity contribution < 1.29 is 19.1 Å². The number of carbonyl (C=O) groups excluding carboxylic acids is 3. The lowest BCUT2D eigenvalue weighted by atomic mass is 10.0.